The summed E-state index contributed by atoms with van der Waals surface area (Å²) < 4.78 is 23.4. The molecule has 2 aromatic rings. The van der Waals surface area contributed by atoms with E-state index in [0.717, 1.165) is 11.1 Å². The van der Waals surface area contributed by atoms with Crippen molar-refractivity contribution >= 4 is 22.4 Å². The molecule has 2 aromatic carbocycles. The summed E-state index contributed by atoms with van der Waals surface area (Å²) in [6, 6.07) is 13.1. The highest BCUT2D eigenvalue weighted by molar-refractivity contribution is 7.85. The normalized spacial score (nSPS) is 15.3. The van der Waals surface area contributed by atoms with Crippen molar-refractivity contribution in [2.45, 2.75) is 24.9 Å². The Bertz CT molecular complexity index is 789. The van der Waals surface area contributed by atoms with Gasteiger partial charge in [-0.1, -0.05) is 29.8 Å². The first-order valence-corrected chi connectivity index (χ1v) is 9.54. The van der Waals surface area contributed by atoms with Crippen molar-refractivity contribution in [2.75, 3.05) is 18.5 Å². The minimum Gasteiger partial charge on any atom is -0.486 e. The molecule has 0 spiro atoms. The summed E-state index contributed by atoms with van der Waals surface area (Å²) in [5, 5.41) is 2.18. The fourth-order valence-electron chi connectivity index (χ4n) is 2.46. The number of amides is 1. The fourth-order valence-corrected chi connectivity index (χ4v) is 3.53. The number of nitrogens with one attached hydrogen (secondary N) is 1. The van der Waals surface area contributed by atoms with Crippen LogP contribution in [0.4, 0.5) is 5.69 Å². The first kappa shape index (κ1) is 17.5. The molecule has 2 atom stereocenters. The Balaban J connectivity index is 1.62. The lowest BCUT2D eigenvalue weighted by Crippen LogP contribution is -2.29. The van der Waals surface area contributed by atoms with E-state index in [1.165, 1.54) is 0 Å². The maximum absolute atomic E-state index is 12.5. The van der Waals surface area contributed by atoms with Crippen LogP contribution in [0.15, 0.2) is 42.5 Å². The molecule has 1 N–H and O–H groups in total. The highest BCUT2D eigenvalue weighted by atomic mass is 32.2. The van der Waals surface area contributed by atoms with Crippen molar-refractivity contribution in [3.63, 3.8) is 0 Å². The standard InChI is InChI=1S/C19H21NO4S/c1-13-3-5-15(6-4-13)12-25(22)14(2)19(21)20-16-7-8-17-18(11-16)24-10-9-23-17/h3-8,11,14H,9-10,12H2,1-2H3,(H,20,21)/t14-,25+/m0/s1. The maximum atomic E-state index is 12.5. The van der Waals surface area contributed by atoms with Gasteiger partial charge in [0.05, 0.1) is 0 Å². The average molecular weight is 359 g/mol. The van der Waals surface area contributed by atoms with Gasteiger partial charge in [0.15, 0.2) is 11.5 Å². The molecular formula is C19H21NO4S. The van der Waals surface area contributed by atoms with Gasteiger partial charge in [0.1, 0.15) is 18.5 Å². The Labute approximate surface area is 149 Å². The van der Waals surface area contributed by atoms with Crippen LogP contribution in [0.3, 0.4) is 0 Å². The van der Waals surface area contributed by atoms with E-state index in [1.807, 2.05) is 31.2 Å². The van der Waals surface area contributed by atoms with Crippen molar-refractivity contribution in [2.24, 2.45) is 0 Å². The second-order valence-electron chi connectivity index (χ2n) is 6.00. The van der Waals surface area contributed by atoms with E-state index in [9.17, 15) is 9.00 Å². The van der Waals surface area contributed by atoms with E-state index in [-0.39, 0.29) is 5.91 Å². The third kappa shape index (κ3) is 4.39. The van der Waals surface area contributed by atoms with E-state index >= 15 is 0 Å². The number of carbonyl (C=O) groups is 1. The summed E-state index contributed by atoms with van der Waals surface area (Å²) in [7, 11) is -1.30. The van der Waals surface area contributed by atoms with Gasteiger partial charge in [0.25, 0.3) is 0 Å². The molecule has 0 radical (unpaired) electrons. The minimum absolute atomic E-state index is 0.276. The summed E-state index contributed by atoms with van der Waals surface area (Å²) in [4.78, 5) is 12.4. The zero-order chi connectivity index (χ0) is 17.8. The molecule has 25 heavy (non-hydrogen) atoms. The number of aryl methyl sites for hydroxylation is 1. The first-order chi connectivity index (χ1) is 12.0. The van der Waals surface area contributed by atoms with Gasteiger partial charge in [-0.25, -0.2) is 0 Å². The third-order valence-electron chi connectivity index (χ3n) is 4.00. The van der Waals surface area contributed by atoms with Gasteiger partial charge >= 0.3 is 0 Å². The predicted molar refractivity (Wildman–Crippen MR) is 98.5 cm³/mol. The smallest absolute Gasteiger partial charge is 0.239 e. The van der Waals surface area contributed by atoms with Gasteiger partial charge in [-0.05, 0) is 31.5 Å². The van der Waals surface area contributed by atoms with Gasteiger partial charge in [0, 0.05) is 28.3 Å². The lowest BCUT2D eigenvalue weighted by atomic mass is 10.2. The molecule has 0 aliphatic carbocycles. The molecule has 0 bridgehead atoms. The highest BCUT2D eigenvalue weighted by Crippen LogP contribution is 2.32. The molecule has 0 fully saturated rings. The second-order valence-corrected chi connectivity index (χ2v) is 7.76. The number of rotatable bonds is 5. The van der Waals surface area contributed by atoms with E-state index in [1.54, 1.807) is 25.1 Å². The number of carbonyl (C=O) groups excluding carboxylic acids is 1. The number of fused-ring (bicyclic) bond motifs is 1. The Hall–Kier alpha value is -2.34. The molecule has 1 aliphatic rings. The number of ether oxygens (including phenoxy) is 2. The summed E-state index contributed by atoms with van der Waals surface area (Å²) >= 11 is 0. The van der Waals surface area contributed by atoms with E-state index < -0.39 is 16.0 Å². The number of anilines is 1. The lowest BCUT2D eigenvalue weighted by molar-refractivity contribution is -0.115. The molecule has 0 unspecified atom stereocenters. The molecule has 1 aliphatic heterocycles. The van der Waals surface area contributed by atoms with E-state index in [4.69, 9.17) is 9.47 Å². The summed E-state index contributed by atoms with van der Waals surface area (Å²) in [5.41, 5.74) is 2.72. The predicted octanol–water partition coefficient (Wildman–Crippen LogP) is 3.04. The maximum Gasteiger partial charge on any atom is 0.239 e. The van der Waals surface area contributed by atoms with Crippen LogP contribution < -0.4 is 14.8 Å². The Morgan fingerprint density at radius 2 is 1.80 bits per heavy atom. The Morgan fingerprint density at radius 1 is 1.12 bits per heavy atom. The zero-order valence-corrected chi connectivity index (χ0v) is 15.1. The van der Waals surface area contributed by atoms with Gasteiger partial charge in [0.2, 0.25) is 5.91 Å². The van der Waals surface area contributed by atoms with Gasteiger partial charge in [-0.2, -0.15) is 0 Å². The van der Waals surface area contributed by atoms with Crippen LogP contribution in [0.25, 0.3) is 0 Å². The quantitative estimate of drug-likeness (QED) is 0.891. The Morgan fingerprint density at radius 3 is 2.52 bits per heavy atom. The van der Waals surface area contributed by atoms with Crippen LogP contribution >= 0.6 is 0 Å². The fraction of sp³-hybridized carbons (Fsp3) is 0.316. The molecule has 1 amide bonds. The first-order valence-electron chi connectivity index (χ1n) is 8.16. The zero-order valence-electron chi connectivity index (χ0n) is 14.3. The van der Waals surface area contributed by atoms with Crippen molar-refractivity contribution in [1.82, 2.24) is 0 Å². The van der Waals surface area contributed by atoms with Crippen molar-refractivity contribution in [1.29, 1.82) is 0 Å². The molecule has 6 heteroatoms. The monoisotopic (exact) mass is 359 g/mol. The van der Waals surface area contributed by atoms with Crippen LogP contribution in [-0.4, -0.2) is 28.6 Å². The van der Waals surface area contributed by atoms with E-state index in [0.29, 0.717) is 36.2 Å². The number of hydrogen-bond acceptors (Lipinski definition) is 4. The molecule has 3 rings (SSSR count). The second kappa shape index (κ2) is 7.70. The van der Waals surface area contributed by atoms with Crippen molar-refractivity contribution in [3.05, 3.63) is 53.6 Å². The largest absolute Gasteiger partial charge is 0.486 e. The Kier molecular flexibility index (Phi) is 5.38. The molecule has 1 heterocycles. The van der Waals surface area contributed by atoms with Gasteiger partial charge in [-0.3, -0.25) is 9.00 Å². The molecule has 0 saturated carbocycles. The molecule has 132 valence electrons. The van der Waals surface area contributed by atoms with Crippen LogP contribution in [0.2, 0.25) is 0 Å². The van der Waals surface area contributed by atoms with E-state index in [2.05, 4.69) is 5.32 Å². The van der Waals surface area contributed by atoms with Crippen LogP contribution in [0, 0.1) is 6.92 Å². The topological polar surface area (TPSA) is 64.6 Å². The molecule has 0 aromatic heterocycles. The third-order valence-corrected chi connectivity index (χ3v) is 5.62. The average Bonchev–Trinajstić information content (AvgIpc) is 2.62. The molecule has 0 saturated heterocycles. The minimum atomic E-state index is -1.30. The van der Waals surface area contributed by atoms with Crippen LogP contribution in [0.5, 0.6) is 11.5 Å². The molecular weight excluding hydrogens is 338 g/mol. The van der Waals surface area contributed by atoms with Crippen LogP contribution in [0.1, 0.15) is 18.1 Å². The van der Waals surface area contributed by atoms with Crippen molar-refractivity contribution in [3.8, 4) is 11.5 Å². The van der Waals surface area contributed by atoms with Gasteiger partial charge in [-0.15, -0.1) is 0 Å². The number of hydrogen-bond donors (Lipinski definition) is 1. The van der Waals surface area contributed by atoms with Crippen molar-refractivity contribution < 1.29 is 18.5 Å². The summed E-state index contributed by atoms with van der Waals surface area (Å²) in [5.74, 6) is 1.36. The SMILES string of the molecule is Cc1ccc(C[S@@](=O)[C@@H](C)C(=O)Nc2ccc3c(c2)OCCO3)cc1. The molecule has 5 nitrogen and oxygen atoms in total. The van der Waals surface area contributed by atoms with Crippen LogP contribution in [-0.2, 0) is 21.3 Å². The summed E-state index contributed by atoms with van der Waals surface area (Å²) in [6.07, 6.45) is 0. The lowest BCUT2D eigenvalue weighted by Gasteiger charge is -2.19. The summed E-state index contributed by atoms with van der Waals surface area (Å²) in [6.45, 7) is 4.69. The number of benzene rings is 2. The highest BCUT2D eigenvalue weighted by Gasteiger charge is 2.21. The van der Waals surface area contributed by atoms with Gasteiger partial charge < -0.3 is 14.8 Å².